The van der Waals surface area contributed by atoms with E-state index >= 15 is 0 Å². The molecule has 3 nitrogen and oxygen atoms in total. The second kappa shape index (κ2) is 6.87. The lowest BCUT2D eigenvalue weighted by Gasteiger charge is -2.27. The van der Waals surface area contributed by atoms with Crippen LogP contribution in [0, 0.1) is 12.7 Å². The standard InChI is InChI=1S/C22H21FN2O/c1-15-14-20(22(26)25-12-3-2-4-13-25)19-7-5-6-18(21(19)24-15)16-8-10-17(23)11-9-16/h5-11,14H,2-4,12-13H2,1H3. The van der Waals surface area contributed by atoms with Crippen molar-refractivity contribution in [3.05, 3.63) is 65.6 Å². The fraction of sp³-hybridized carbons (Fsp3) is 0.273. The highest BCUT2D eigenvalue weighted by atomic mass is 19.1. The van der Waals surface area contributed by atoms with Crippen LogP contribution in [-0.4, -0.2) is 28.9 Å². The lowest BCUT2D eigenvalue weighted by Crippen LogP contribution is -2.35. The van der Waals surface area contributed by atoms with Crippen LogP contribution in [0.5, 0.6) is 0 Å². The van der Waals surface area contributed by atoms with Crippen LogP contribution in [0.4, 0.5) is 4.39 Å². The van der Waals surface area contributed by atoms with Crippen molar-refractivity contribution in [2.24, 2.45) is 0 Å². The van der Waals surface area contributed by atoms with Crippen LogP contribution in [0.3, 0.4) is 0 Å². The van der Waals surface area contributed by atoms with E-state index in [1.165, 1.54) is 18.6 Å². The maximum absolute atomic E-state index is 13.3. The van der Waals surface area contributed by atoms with Crippen molar-refractivity contribution >= 4 is 16.8 Å². The minimum absolute atomic E-state index is 0.0801. The molecule has 1 aliphatic heterocycles. The molecule has 4 rings (SSSR count). The first-order chi connectivity index (χ1) is 12.6. The molecule has 4 heteroatoms. The summed E-state index contributed by atoms with van der Waals surface area (Å²) in [4.78, 5) is 19.8. The zero-order valence-corrected chi connectivity index (χ0v) is 14.8. The summed E-state index contributed by atoms with van der Waals surface area (Å²) >= 11 is 0. The lowest BCUT2D eigenvalue weighted by molar-refractivity contribution is 0.0726. The average Bonchev–Trinajstić information content (AvgIpc) is 2.68. The highest BCUT2D eigenvalue weighted by Crippen LogP contribution is 2.30. The molecule has 2 aromatic carbocycles. The number of hydrogen-bond acceptors (Lipinski definition) is 2. The number of rotatable bonds is 2. The van der Waals surface area contributed by atoms with Crippen molar-refractivity contribution in [1.82, 2.24) is 9.88 Å². The molecule has 3 aromatic rings. The number of nitrogens with zero attached hydrogens (tertiary/aromatic N) is 2. The normalized spacial score (nSPS) is 14.6. The second-order valence-corrected chi connectivity index (χ2v) is 6.87. The molecule has 0 N–H and O–H groups in total. The molecule has 1 amide bonds. The smallest absolute Gasteiger partial charge is 0.254 e. The lowest BCUT2D eigenvalue weighted by atomic mass is 9.98. The van der Waals surface area contributed by atoms with E-state index in [4.69, 9.17) is 4.98 Å². The van der Waals surface area contributed by atoms with Gasteiger partial charge in [-0.2, -0.15) is 0 Å². The molecule has 2 heterocycles. The van der Waals surface area contributed by atoms with Crippen LogP contribution >= 0.6 is 0 Å². The molecule has 1 aromatic heterocycles. The van der Waals surface area contributed by atoms with E-state index in [-0.39, 0.29) is 11.7 Å². The molecular weight excluding hydrogens is 327 g/mol. The summed E-state index contributed by atoms with van der Waals surface area (Å²) in [5.41, 5.74) is 4.12. The topological polar surface area (TPSA) is 33.2 Å². The van der Waals surface area contributed by atoms with Gasteiger partial charge in [-0.15, -0.1) is 0 Å². The van der Waals surface area contributed by atoms with E-state index in [1.54, 1.807) is 12.1 Å². The number of pyridine rings is 1. The van der Waals surface area contributed by atoms with Gasteiger partial charge < -0.3 is 4.90 Å². The molecule has 0 atom stereocenters. The van der Waals surface area contributed by atoms with E-state index in [0.717, 1.165) is 53.7 Å². The van der Waals surface area contributed by atoms with Gasteiger partial charge in [0.2, 0.25) is 0 Å². The van der Waals surface area contributed by atoms with Crippen LogP contribution in [0.2, 0.25) is 0 Å². The van der Waals surface area contributed by atoms with Crippen LogP contribution in [0.1, 0.15) is 35.3 Å². The molecule has 0 radical (unpaired) electrons. The van der Waals surface area contributed by atoms with E-state index in [1.807, 2.05) is 36.1 Å². The van der Waals surface area contributed by atoms with Crippen molar-refractivity contribution < 1.29 is 9.18 Å². The van der Waals surface area contributed by atoms with Crippen LogP contribution < -0.4 is 0 Å². The molecule has 0 unspecified atom stereocenters. The number of fused-ring (bicyclic) bond motifs is 1. The highest BCUT2D eigenvalue weighted by molar-refractivity contribution is 6.09. The van der Waals surface area contributed by atoms with E-state index in [2.05, 4.69) is 0 Å². The molecule has 0 aliphatic carbocycles. The molecule has 0 saturated carbocycles. The second-order valence-electron chi connectivity index (χ2n) is 6.87. The third kappa shape index (κ3) is 3.07. The first-order valence-electron chi connectivity index (χ1n) is 9.09. The highest BCUT2D eigenvalue weighted by Gasteiger charge is 2.21. The average molecular weight is 348 g/mol. The van der Waals surface area contributed by atoms with Gasteiger partial charge in [0.15, 0.2) is 0 Å². The number of carbonyl (C=O) groups is 1. The molecule has 1 fully saturated rings. The summed E-state index contributed by atoms with van der Waals surface area (Å²) in [5, 5.41) is 0.855. The Morgan fingerprint density at radius 1 is 1.04 bits per heavy atom. The Balaban J connectivity index is 1.86. The largest absolute Gasteiger partial charge is 0.339 e. The fourth-order valence-electron chi connectivity index (χ4n) is 3.68. The number of aryl methyl sites for hydroxylation is 1. The molecule has 0 bridgehead atoms. The van der Waals surface area contributed by atoms with Gasteiger partial charge in [0.05, 0.1) is 11.1 Å². The van der Waals surface area contributed by atoms with Crippen LogP contribution in [0.15, 0.2) is 48.5 Å². The maximum Gasteiger partial charge on any atom is 0.254 e. The summed E-state index contributed by atoms with van der Waals surface area (Å²) in [6, 6.07) is 14.1. The third-order valence-corrected chi connectivity index (χ3v) is 5.00. The number of amides is 1. The van der Waals surface area contributed by atoms with Gasteiger partial charge in [0.25, 0.3) is 5.91 Å². The van der Waals surface area contributed by atoms with E-state index < -0.39 is 0 Å². The molecule has 1 saturated heterocycles. The Kier molecular flexibility index (Phi) is 4.41. The van der Waals surface area contributed by atoms with E-state index in [9.17, 15) is 9.18 Å². The summed E-state index contributed by atoms with van der Waals surface area (Å²) in [6.07, 6.45) is 3.32. The Hall–Kier alpha value is -2.75. The number of aromatic nitrogens is 1. The number of hydrogen-bond donors (Lipinski definition) is 0. The van der Waals surface area contributed by atoms with Crippen molar-refractivity contribution in [1.29, 1.82) is 0 Å². The molecular formula is C22H21FN2O. The van der Waals surface area contributed by atoms with Gasteiger partial charge in [-0.1, -0.05) is 30.3 Å². The quantitative estimate of drug-likeness (QED) is 0.655. The number of likely N-dealkylation sites (tertiary alicyclic amines) is 1. The zero-order chi connectivity index (χ0) is 18.1. The van der Waals surface area contributed by atoms with Crippen LogP contribution in [-0.2, 0) is 0 Å². The van der Waals surface area contributed by atoms with Crippen molar-refractivity contribution in [2.75, 3.05) is 13.1 Å². The fourth-order valence-corrected chi connectivity index (χ4v) is 3.68. The van der Waals surface area contributed by atoms with Gasteiger partial charge in [0, 0.05) is 29.7 Å². The Morgan fingerprint density at radius 2 is 1.77 bits per heavy atom. The molecule has 0 spiro atoms. The predicted molar refractivity (Wildman–Crippen MR) is 102 cm³/mol. The predicted octanol–water partition coefficient (Wildman–Crippen LogP) is 4.98. The Labute approximate surface area is 152 Å². The summed E-state index contributed by atoms with van der Waals surface area (Å²) in [5.74, 6) is -0.185. The number of para-hydroxylation sites is 1. The summed E-state index contributed by atoms with van der Waals surface area (Å²) < 4.78 is 13.3. The van der Waals surface area contributed by atoms with Gasteiger partial charge in [0.1, 0.15) is 5.82 Å². The van der Waals surface area contributed by atoms with Crippen molar-refractivity contribution in [3.8, 4) is 11.1 Å². The summed E-state index contributed by atoms with van der Waals surface area (Å²) in [6.45, 7) is 3.55. The molecule has 1 aliphatic rings. The minimum atomic E-state index is -0.265. The van der Waals surface area contributed by atoms with Crippen LogP contribution in [0.25, 0.3) is 22.0 Å². The zero-order valence-electron chi connectivity index (χ0n) is 14.8. The minimum Gasteiger partial charge on any atom is -0.339 e. The van der Waals surface area contributed by atoms with Gasteiger partial charge in [-0.25, -0.2) is 4.39 Å². The van der Waals surface area contributed by atoms with Crippen molar-refractivity contribution in [2.45, 2.75) is 26.2 Å². The first kappa shape index (κ1) is 16.7. The van der Waals surface area contributed by atoms with Crippen molar-refractivity contribution in [3.63, 3.8) is 0 Å². The summed E-state index contributed by atoms with van der Waals surface area (Å²) in [7, 11) is 0. The Bertz CT molecular complexity index is 960. The number of carbonyl (C=O) groups excluding carboxylic acids is 1. The SMILES string of the molecule is Cc1cc(C(=O)N2CCCCC2)c2cccc(-c3ccc(F)cc3)c2n1. The van der Waals surface area contributed by atoms with Gasteiger partial charge >= 0.3 is 0 Å². The van der Waals surface area contributed by atoms with Gasteiger partial charge in [-0.05, 0) is 49.9 Å². The maximum atomic E-state index is 13.3. The molecule has 26 heavy (non-hydrogen) atoms. The van der Waals surface area contributed by atoms with Gasteiger partial charge in [-0.3, -0.25) is 9.78 Å². The molecule has 132 valence electrons. The number of piperidine rings is 1. The monoisotopic (exact) mass is 348 g/mol. The third-order valence-electron chi connectivity index (χ3n) is 5.00. The number of benzene rings is 2. The first-order valence-corrected chi connectivity index (χ1v) is 9.09. The number of halogens is 1. The Morgan fingerprint density at radius 3 is 2.50 bits per heavy atom. The van der Waals surface area contributed by atoms with E-state index in [0.29, 0.717) is 5.56 Å².